The fourth-order valence-electron chi connectivity index (χ4n) is 4.47. The fraction of sp³-hybridized carbons (Fsp3) is 0.767. The van der Waals surface area contributed by atoms with Crippen LogP contribution in [0, 0.1) is 11.5 Å². The fourth-order valence-corrected chi connectivity index (χ4v) is 6.01. The quantitative estimate of drug-likeness (QED) is 0.0584. The average molecular weight is 624 g/mol. The number of rotatable bonds is 23. The van der Waals surface area contributed by atoms with Gasteiger partial charge < -0.3 is 29.2 Å². The smallest absolute Gasteiger partial charge is 0.353 e. The van der Waals surface area contributed by atoms with Gasteiger partial charge in [-0.05, 0) is 19.8 Å². The summed E-state index contributed by atoms with van der Waals surface area (Å²) in [7, 11) is -5.06. The Labute approximate surface area is 254 Å². The summed E-state index contributed by atoms with van der Waals surface area (Å²) in [5, 5.41) is 0. The van der Waals surface area contributed by atoms with E-state index in [2.05, 4.69) is 46.1 Å². The third-order valence-corrected chi connectivity index (χ3v) is 8.72. The molecule has 2 aromatic heterocycles. The van der Waals surface area contributed by atoms with E-state index in [1.807, 2.05) is 0 Å². The number of ether oxygens (including phenoxy) is 2. The van der Waals surface area contributed by atoms with Crippen LogP contribution in [0.25, 0.3) is 11.2 Å². The molecule has 0 saturated carbocycles. The molecular weight excluding hydrogens is 569 g/mol. The molecule has 0 bridgehead atoms. The summed E-state index contributed by atoms with van der Waals surface area (Å²) in [5.74, 6) is 3.67. The Hall–Kier alpha value is -1.80. The zero-order chi connectivity index (χ0) is 30.7. The van der Waals surface area contributed by atoms with Crippen molar-refractivity contribution in [3.05, 3.63) is 12.7 Å². The number of hydrogen-bond donors (Lipinski definition) is 2. The highest BCUT2D eigenvalue weighted by Crippen LogP contribution is 2.41. The molecule has 0 spiro atoms. The van der Waals surface area contributed by atoms with E-state index < -0.39 is 22.0 Å². The summed E-state index contributed by atoms with van der Waals surface area (Å²) in [6, 6.07) is 0. The number of nitrogens with zero attached hydrogens (tertiary/aromatic N) is 4. The minimum atomic E-state index is -3.87. The van der Waals surface area contributed by atoms with Gasteiger partial charge in [0.1, 0.15) is 26.3 Å². The predicted octanol–water partition coefficient (Wildman–Crippen LogP) is 6.94. The van der Waals surface area contributed by atoms with Gasteiger partial charge >= 0.3 is 7.60 Å². The lowest BCUT2D eigenvalue weighted by atomic mass is 10.0. The lowest BCUT2D eigenvalue weighted by Crippen LogP contribution is -2.18. The Morgan fingerprint density at radius 2 is 1.55 bits per heavy atom. The summed E-state index contributed by atoms with van der Waals surface area (Å²) in [5.41, 5.74) is 10.4. The van der Waals surface area contributed by atoms with Crippen molar-refractivity contribution in [1.82, 2.24) is 19.5 Å². The van der Waals surface area contributed by atoms with Crippen LogP contribution in [0.15, 0.2) is 12.7 Å². The number of nitrogen functional groups attached to an aromatic ring is 1. The van der Waals surface area contributed by atoms with Crippen molar-refractivity contribution in [2.75, 3.05) is 31.9 Å². The third kappa shape index (κ3) is 16.7. The van der Waals surface area contributed by atoms with Gasteiger partial charge in [0.15, 0.2) is 11.5 Å². The zero-order valence-electron chi connectivity index (χ0n) is 26.4. The molecule has 3 N–H and O–H groups in total. The maximum absolute atomic E-state index is 12.3. The Morgan fingerprint density at radius 1 is 0.929 bits per heavy atom. The summed E-state index contributed by atoms with van der Waals surface area (Å²) in [6.45, 7) is 10.1. The molecule has 0 radical (unpaired) electrons. The molecule has 0 saturated heterocycles. The topological polar surface area (TPSA) is 135 Å². The first-order valence-corrected chi connectivity index (χ1v) is 20.9. The lowest BCUT2D eigenvalue weighted by Gasteiger charge is -2.17. The van der Waals surface area contributed by atoms with Crippen molar-refractivity contribution >= 4 is 32.7 Å². The average Bonchev–Trinajstić information content (AvgIpc) is 3.34. The molecule has 0 aliphatic heterocycles. The maximum Gasteiger partial charge on any atom is 0.353 e. The second-order valence-electron chi connectivity index (χ2n) is 12.1. The van der Waals surface area contributed by atoms with Crippen LogP contribution in [-0.4, -0.2) is 64.8 Å². The van der Waals surface area contributed by atoms with Gasteiger partial charge in [0.25, 0.3) is 0 Å². The molecular formula is C30H54N5O5PSi. The van der Waals surface area contributed by atoms with Crippen molar-refractivity contribution < 1.29 is 23.5 Å². The monoisotopic (exact) mass is 623 g/mol. The van der Waals surface area contributed by atoms with Crippen molar-refractivity contribution in [3.8, 4) is 11.5 Å². The van der Waals surface area contributed by atoms with Gasteiger partial charge in [0, 0.05) is 13.0 Å². The van der Waals surface area contributed by atoms with Gasteiger partial charge in [-0.1, -0.05) is 83.8 Å². The molecule has 0 aliphatic rings. The number of anilines is 1. The number of nitrogens with two attached hydrogens (primary N) is 1. The second kappa shape index (κ2) is 20.2. The minimum Gasteiger partial charge on any atom is -0.382 e. The van der Waals surface area contributed by atoms with Crippen molar-refractivity contribution in [2.24, 2.45) is 0 Å². The predicted molar refractivity (Wildman–Crippen MR) is 173 cm³/mol. The SMILES string of the molecule is C[C@H](Cn1cnc2c(N)ncnc21)OCP(=O)(O)OCCOCCCCCCCCCCCCCCC#C[Si](C)(C)C. The molecule has 238 valence electrons. The van der Waals surface area contributed by atoms with Gasteiger partial charge in [-0.15, -0.1) is 11.5 Å². The van der Waals surface area contributed by atoms with E-state index in [9.17, 15) is 9.46 Å². The highest BCUT2D eigenvalue weighted by molar-refractivity contribution is 7.52. The molecule has 12 heteroatoms. The van der Waals surface area contributed by atoms with E-state index >= 15 is 0 Å². The first-order chi connectivity index (χ1) is 20.1. The first kappa shape index (κ1) is 36.4. The van der Waals surface area contributed by atoms with Gasteiger partial charge in [-0.3, -0.25) is 4.57 Å². The van der Waals surface area contributed by atoms with Crippen LogP contribution in [0.1, 0.15) is 90.4 Å². The van der Waals surface area contributed by atoms with E-state index in [0.29, 0.717) is 30.1 Å². The molecule has 42 heavy (non-hydrogen) atoms. The van der Waals surface area contributed by atoms with Crippen LogP contribution in [-0.2, 0) is 25.1 Å². The maximum atomic E-state index is 12.3. The largest absolute Gasteiger partial charge is 0.382 e. The summed E-state index contributed by atoms with van der Waals surface area (Å²) >= 11 is 0. The Kier molecular flexibility index (Phi) is 17.5. The second-order valence-corrected chi connectivity index (χ2v) is 18.6. The number of fused-ring (bicyclic) bond motifs is 1. The molecule has 0 amide bonds. The molecule has 2 aromatic rings. The highest BCUT2D eigenvalue weighted by atomic mass is 31.2. The zero-order valence-corrected chi connectivity index (χ0v) is 28.2. The van der Waals surface area contributed by atoms with Crippen LogP contribution in [0.4, 0.5) is 5.82 Å². The molecule has 2 atom stereocenters. The summed E-state index contributed by atoms with van der Waals surface area (Å²) < 4.78 is 30.3. The minimum absolute atomic E-state index is 0.0561. The molecule has 0 fully saturated rings. The number of unbranched alkanes of at least 4 members (excludes halogenated alkanes) is 12. The molecule has 10 nitrogen and oxygen atoms in total. The van der Waals surface area contributed by atoms with Crippen molar-refractivity contribution in [3.63, 3.8) is 0 Å². The Bertz CT molecular complexity index is 1130. The normalized spacial score (nSPS) is 14.0. The molecule has 0 aliphatic carbocycles. The highest BCUT2D eigenvalue weighted by Gasteiger charge is 2.21. The van der Waals surface area contributed by atoms with Crippen LogP contribution in [0.5, 0.6) is 0 Å². The Balaban J connectivity index is 1.36. The van der Waals surface area contributed by atoms with Crippen LogP contribution < -0.4 is 5.73 Å². The van der Waals surface area contributed by atoms with Crippen molar-refractivity contribution in [2.45, 2.75) is 123 Å². The molecule has 2 rings (SSSR count). The first-order valence-electron chi connectivity index (χ1n) is 15.6. The van der Waals surface area contributed by atoms with Crippen LogP contribution in [0.3, 0.4) is 0 Å². The van der Waals surface area contributed by atoms with Crippen molar-refractivity contribution in [1.29, 1.82) is 0 Å². The van der Waals surface area contributed by atoms with Gasteiger partial charge in [0.2, 0.25) is 0 Å². The van der Waals surface area contributed by atoms with E-state index in [1.54, 1.807) is 17.8 Å². The third-order valence-electron chi connectivity index (χ3n) is 6.73. The lowest BCUT2D eigenvalue weighted by molar-refractivity contribution is 0.0610. The standard InChI is InChI=1S/C30H54N5O5PSi/c1-27(23-35-25-34-28-29(31)32-24-33-30(28)35)39-26-41(36,37)40-21-20-38-19-17-15-13-11-9-7-5-6-8-10-12-14-16-18-22-42(2,3)4/h24-25,27H,5-17,19-21,23,26H2,1-4H3,(H,36,37)(H2,31,32,33)/t27-/m1/s1. The van der Waals surface area contributed by atoms with Gasteiger partial charge in [-0.2, -0.15) is 0 Å². The van der Waals surface area contributed by atoms with E-state index in [0.717, 1.165) is 19.3 Å². The Morgan fingerprint density at radius 3 is 2.19 bits per heavy atom. The summed E-state index contributed by atoms with van der Waals surface area (Å²) in [4.78, 5) is 22.4. The molecule has 2 heterocycles. The number of imidazole rings is 1. The van der Waals surface area contributed by atoms with E-state index in [1.165, 1.54) is 70.5 Å². The molecule has 0 aromatic carbocycles. The van der Waals surface area contributed by atoms with Gasteiger partial charge in [0.05, 0.1) is 32.2 Å². The van der Waals surface area contributed by atoms with Crippen LogP contribution >= 0.6 is 7.60 Å². The number of aromatic nitrogens is 4. The van der Waals surface area contributed by atoms with Gasteiger partial charge in [-0.25, -0.2) is 15.0 Å². The van der Waals surface area contributed by atoms with E-state index in [-0.39, 0.29) is 19.3 Å². The molecule has 1 unspecified atom stereocenters. The van der Waals surface area contributed by atoms with E-state index in [4.69, 9.17) is 19.7 Å². The summed E-state index contributed by atoms with van der Waals surface area (Å²) in [6.07, 6.45) is 18.6. The van der Waals surface area contributed by atoms with Crippen LogP contribution in [0.2, 0.25) is 19.6 Å². The number of hydrogen-bond acceptors (Lipinski definition) is 8.